The predicted molar refractivity (Wildman–Crippen MR) is 123 cm³/mol. The number of benzene rings is 1. The van der Waals surface area contributed by atoms with Gasteiger partial charge in [-0.2, -0.15) is 0 Å². The third kappa shape index (κ3) is 2.80. The summed E-state index contributed by atoms with van der Waals surface area (Å²) in [5.41, 5.74) is -1.24. The van der Waals surface area contributed by atoms with Crippen LogP contribution in [0.5, 0.6) is 5.75 Å². The first kappa shape index (κ1) is 23.0. The molecule has 1 aromatic carbocycles. The maximum absolute atomic E-state index is 13.7. The first-order valence-corrected chi connectivity index (χ1v) is 12.0. The molecule has 7 heteroatoms. The summed E-state index contributed by atoms with van der Waals surface area (Å²) in [7, 11) is 0. The highest BCUT2D eigenvalue weighted by Crippen LogP contribution is 2.56. The van der Waals surface area contributed by atoms with Crippen LogP contribution in [0.4, 0.5) is 0 Å². The van der Waals surface area contributed by atoms with Gasteiger partial charge in [-0.1, -0.05) is 37.5 Å². The molecular weight excluding hydrogens is 436 g/mol. The van der Waals surface area contributed by atoms with Gasteiger partial charge in [-0.15, -0.1) is 0 Å². The van der Waals surface area contributed by atoms with E-state index in [1.54, 1.807) is 13.8 Å². The van der Waals surface area contributed by atoms with Gasteiger partial charge < -0.3 is 20.4 Å². The van der Waals surface area contributed by atoms with Crippen LogP contribution < -0.4 is 0 Å². The van der Waals surface area contributed by atoms with Gasteiger partial charge in [-0.25, -0.2) is 0 Å². The summed E-state index contributed by atoms with van der Waals surface area (Å²) in [5, 5.41) is 45.3. The van der Waals surface area contributed by atoms with Crippen molar-refractivity contribution in [2.45, 2.75) is 76.4 Å². The highest BCUT2D eigenvalue weighted by Gasteiger charge is 2.65. The van der Waals surface area contributed by atoms with Gasteiger partial charge in [0.2, 0.25) is 11.6 Å². The zero-order valence-electron chi connectivity index (χ0n) is 19.6. The molecule has 0 heterocycles. The molecule has 1 aromatic rings. The molecule has 2 fully saturated rings. The number of phenolic OH excluding ortho intramolecular Hbond substituents is 1. The fourth-order valence-electron chi connectivity index (χ4n) is 6.97. The summed E-state index contributed by atoms with van der Waals surface area (Å²) in [6, 6.07) is 3.70. The lowest BCUT2D eigenvalue weighted by atomic mass is 9.54. The van der Waals surface area contributed by atoms with Crippen LogP contribution in [0.2, 0.25) is 0 Å². The lowest BCUT2D eigenvalue weighted by Gasteiger charge is -2.50. The van der Waals surface area contributed by atoms with Gasteiger partial charge in [0.25, 0.3) is 0 Å². The maximum Gasteiger partial charge on any atom is 0.206 e. The van der Waals surface area contributed by atoms with Gasteiger partial charge in [0, 0.05) is 17.4 Å². The molecule has 0 radical (unpaired) electrons. The topological polar surface area (TPSA) is 132 Å². The molecule has 0 amide bonds. The van der Waals surface area contributed by atoms with E-state index >= 15 is 0 Å². The molecule has 5 unspecified atom stereocenters. The number of fused-ring (bicyclic) bond motifs is 3. The summed E-state index contributed by atoms with van der Waals surface area (Å²) < 4.78 is 0. The van der Waals surface area contributed by atoms with Gasteiger partial charge in [0.1, 0.15) is 11.5 Å². The summed E-state index contributed by atoms with van der Waals surface area (Å²) in [6.45, 7) is 4.60. The molecule has 34 heavy (non-hydrogen) atoms. The maximum atomic E-state index is 13.7. The third-order valence-electron chi connectivity index (χ3n) is 8.68. The molecule has 2 saturated carbocycles. The number of phenols is 1. The monoisotopic (exact) mass is 466 g/mol. The van der Waals surface area contributed by atoms with Crippen LogP contribution in [-0.4, -0.2) is 49.5 Å². The largest absolute Gasteiger partial charge is 0.507 e. The van der Waals surface area contributed by atoms with Crippen molar-refractivity contribution < 1.29 is 34.8 Å². The third-order valence-corrected chi connectivity index (χ3v) is 8.68. The number of carbonyl (C=O) groups excluding carboxylic acids is 3. The van der Waals surface area contributed by atoms with Crippen LogP contribution in [0.3, 0.4) is 0 Å². The number of aromatic hydroxyl groups is 1. The molecule has 5 rings (SSSR count). The molecule has 4 N–H and O–H groups in total. The van der Waals surface area contributed by atoms with Crippen molar-refractivity contribution in [3.8, 4) is 5.75 Å². The Hall–Kier alpha value is -2.77. The number of hydrogen-bond acceptors (Lipinski definition) is 7. The van der Waals surface area contributed by atoms with Crippen molar-refractivity contribution in [2.24, 2.45) is 11.8 Å². The van der Waals surface area contributed by atoms with Crippen molar-refractivity contribution >= 4 is 23.1 Å². The number of aliphatic hydroxyl groups is 3. The van der Waals surface area contributed by atoms with E-state index in [0.717, 1.165) is 25.7 Å². The van der Waals surface area contributed by atoms with Crippen LogP contribution in [0.1, 0.15) is 81.4 Å². The Morgan fingerprint density at radius 3 is 2.29 bits per heavy atom. The Bertz CT molecular complexity index is 1200. The van der Waals surface area contributed by atoms with Gasteiger partial charge >= 0.3 is 0 Å². The molecule has 0 aromatic heterocycles. The summed E-state index contributed by atoms with van der Waals surface area (Å²) in [6.07, 6.45) is 2.66. The number of carbonyl (C=O) groups is 3. The molecule has 7 nitrogen and oxygen atoms in total. The zero-order chi connectivity index (χ0) is 24.7. The SMILES string of the molecule is CC(=O)C1=C(C)CC2C(O)C3C(=C(O)c4c(ccc(C5CCCC5)c4O)C3C)C(=O)C2(O)C1=O. The number of Topliss-reactive ketones (excluding diaryl/α,β-unsaturated/α-hetero) is 3. The number of hydrogen-bond donors (Lipinski definition) is 4. The fourth-order valence-corrected chi connectivity index (χ4v) is 6.97. The molecule has 4 aliphatic rings. The second kappa shape index (κ2) is 7.62. The van der Waals surface area contributed by atoms with Crippen LogP contribution in [-0.2, 0) is 14.4 Å². The number of allylic oxidation sites excluding steroid dienone is 1. The van der Waals surface area contributed by atoms with E-state index in [2.05, 4.69) is 0 Å². The van der Waals surface area contributed by atoms with E-state index in [1.165, 1.54) is 6.92 Å². The second-order valence-electron chi connectivity index (χ2n) is 10.5. The molecule has 5 atom stereocenters. The van der Waals surface area contributed by atoms with Crippen molar-refractivity contribution in [3.05, 3.63) is 45.5 Å². The van der Waals surface area contributed by atoms with E-state index in [1.807, 2.05) is 12.1 Å². The molecule has 180 valence electrons. The number of rotatable bonds is 2. The van der Waals surface area contributed by atoms with Crippen LogP contribution in [0.25, 0.3) is 5.76 Å². The molecule has 0 saturated heterocycles. The average Bonchev–Trinajstić information content (AvgIpc) is 3.31. The van der Waals surface area contributed by atoms with Crippen LogP contribution in [0.15, 0.2) is 28.9 Å². The zero-order valence-corrected chi connectivity index (χ0v) is 19.6. The minimum absolute atomic E-state index is 0.0139. The van der Waals surface area contributed by atoms with E-state index in [4.69, 9.17) is 0 Å². The highest BCUT2D eigenvalue weighted by atomic mass is 16.3. The van der Waals surface area contributed by atoms with Crippen molar-refractivity contribution in [2.75, 3.05) is 0 Å². The number of aliphatic hydroxyl groups excluding tert-OH is 2. The van der Waals surface area contributed by atoms with E-state index in [9.17, 15) is 34.8 Å². The molecular formula is C27H30O7. The lowest BCUT2D eigenvalue weighted by molar-refractivity contribution is -0.167. The lowest BCUT2D eigenvalue weighted by Crippen LogP contribution is -2.66. The highest BCUT2D eigenvalue weighted by molar-refractivity contribution is 6.33. The Morgan fingerprint density at radius 2 is 1.68 bits per heavy atom. The molecule has 0 spiro atoms. The standard InChI is InChI=1S/C27H30O7/c1-11-10-17-23(30)19-12(2)15-8-9-16(14-6-4-5-7-14)22(29)20(15)24(31)21(19)26(33)27(17,34)25(32)18(11)13(3)28/h8-9,12,14,17,19,23,29-31,34H,4-7,10H2,1-3H3. The van der Waals surface area contributed by atoms with Crippen molar-refractivity contribution in [1.29, 1.82) is 0 Å². The first-order chi connectivity index (χ1) is 16.0. The minimum Gasteiger partial charge on any atom is -0.507 e. The first-order valence-electron chi connectivity index (χ1n) is 12.0. The summed E-state index contributed by atoms with van der Waals surface area (Å²) >= 11 is 0. The second-order valence-corrected chi connectivity index (χ2v) is 10.5. The van der Waals surface area contributed by atoms with E-state index < -0.39 is 52.6 Å². The van der Waals surface area contributed by atoms with Gasteiger partial charge in [-0.3, -0.25) is 14.4 Å². The Kier molecular flexibility index (Phi) is 5.15. The summed E-state index contributed by atoms with van der Waals surface area (Å²) in [4.78, 5) is 39.2. The quantitative estimate of drug-likeness (QED) is 0.389. The Balaban J connectivity index is 1.71. The molecule has 0 aliphatic heterocycles. The van der Waals surface area contributed by atoms with Crippen LogP contribution >= 0.6 is 0 Å². The Morgan fingerprint density at radius 1 is 1.06 bits per heavy atom. The predicted octanol–water partition coefficient (Wildman–Crippen LogP) is 3.22. The van der Waals surface area contributed by atoms with E-state index in [0.29, 0.717) is 16.7 Å². The number of ketones is 3. The van der Waals surface area contributed by atoms with Crippen LogP contribution in [0, 0.1) is 11.8 Å². The fraction of sp³-hybridized carbons (Fsp3) is 0.519. The van der Waals surface area contributed by atoms with Gasteiger partial charge in [0.15, 0.2) is 11.4 Å². The van der Waals surface area contributed by atoms with Crippen molar-refractivity contribution in [3.63, 3.8) is 0 Å². The van der Waals surface area contributed by atoms with E-state index in [-0.39, 0.29) is 34.8 Å². The smallest absolute Gasteiger partial charge is 0.206 e. The minimum atomic E-state index is -2.64. The van der Waals surface area contributed by atoms with Gasteiger partial charge in [0.05, 0.1) is 17.2 Å². The summed E-state index contributed by atoms with van der Waals surface area (Å²) in [5.74, 6) is -5.47. The molecule has 0 bridgehead atoms. The Labute approximate surface area is 197 Å². The van der Waals surface area contributed by atoms with Crippen molar-refractivity contribution in [1.82, 2.24) is 0 Å². The average molecular weight is 467 g/mol. The van der Waals surface area contributed by atoms with Gasteiger partial charge in [-0.05, 0) is 56.1 Å². The molecule has 4 aliphatic carbocycles. The normalized spacial score (nSPS) is 33.7.